The number of aromatic hydroxyl groups is 1. The zero-order valence-corrected chi connectivity index (χ0v) is 16.1. The predicted octanol–water partition coefficient (Wildman–Crippen LogP) is 4.23. The average molecular weight is 372 g/mol. The Hall–Kier alpha value is -1.92. The highest BCUT2D eigenvalue weighted by molar-refractivity contribution is 7.18. The summed E-state index contributed by atoms with van der Waals surface area (Å²) in [6.07, 6.45) is 3.65. The van der Waals surface area contributed by atoms with E-state index in [1.54, 1.807) is 18.2 Å². The van der Waals surface area contributed by atoms with Crippen LogP contribution in [0.25, 0.3) is 21.1 Å². The molecule has 3 aromatic rings. The number of thiazole rings is 1. The summed E-state index contributed by atoms with van der Waals surface area (Å²) in [6.45, 7) is 6.57. The van der Waals surface area contributed by atoms with Gasteiger partial charge in [-0.05, 0) is 50.7 Å². The Morgan fingerprint density at radius 3 is 2.81 bits per heavy atom. The van der Waals surface area contributed by atoms with Crippen molar-refractivity contribution in [1.29, 1.82) is 0 Å². The van der Waals surface area contributed by atoms with Crippen LogP contribution < -0.4 is 5.56 Å². The Balaban J connectivity index is 1.68. The van der Waals surface area contributed by atoms with E-state index in [2.05, 4.69) is 25.8 Å². The monoisotopic (exact) mass is 372 g/mol. The number of fused-ring (bicyclic) bond motifs is 3. The highest BCUT2D eigenvalue weighted by atomic mass is 32.1. The Morgan fingerprint density at radius 2 is 2.08 bits per heavy atom. The maximum absolute atomic E-state index is 12.3. The molecule has 0 radical (unpaired) electrons. The van der Waals surface area contributed by atoms with E-state index in [1.807, 2.05) is 0 Å². The number of aromatic nitrogens is 2. The van der Waals surface area contributed by atoms with Gasteiger partial charge in [-0.15, -0.1) is 11.3 Å². The summed E-state index contributed by atoms with van der Waals surface area (Å²) in [5.41, 5.74) is 0.511. The number of H-pyrrole nitrogens is 1. The second kappa shape index (κ2) is 6.67. The first-order chi connectivity index (χ1) is 12.4. The number of nitrogens with zero attached hydrogens (tertiary/aromatic N) is 1. The van der Waals surface area contributed by atoms with E-state index in [-0.39, 0.29) is 11.3 Å². The van der Waals surface area contributed by atoms with Gasteiger partial charge in [0, 0.05) is 6.42 Å². The third kappa shape index (κ3) is 3.12. The molecule has 0 saturated carbocycles. The summed E-state index contributed by atoms with van der Waals surface area (Å²) in [4.78, 5) is 20.7. The Labute approximate surface area is 156 Å². The number of hydrogen-bond donors (Lipinski definition) is 2. The van der Waals surface area contributed by atoms with Gasteiger partial charge in [0.1, 0.15) is 16.1 Å². The maximum Gasteiger partial charge on any atom is 0.257 e. The lowest BCUT2D eigenvalue weighted by Crippen LogP contribution is -2.32. The van der Waals surface area contributed by atoms with Gasteiger partial charge in [-0.2, -0.15) is 0 Å². The van der Waals surface area contributed by atoms with Gasteiger partial charge in [-0.25, -0.2) is 4.98 Å². The molecule has 3 heterocycles. The summed E-state index contributed by atoms with van der Waals surface area (Å²) < 4.78 is 5.86. The molecule has 2 unspecified atom stereocenters. The first-order valence-electron chi connectivity index (χ1n) is 9.21. The molecule has 1 fully saturated rings. The first-order valence-corrected chi connectivity index (χ1v) is 10.0. The quantitative estimate of drug-likeness (QED) is 0.722. The summed E-state index contributed by atoms with van der Waals surface area (Å²) in [5.74, 6) is 1.22. The van der Waals surface area contributed by atoms with Crippen LogP contribution >= 0.6 is 11.3 Å². The second-order valence-electron chi connectivity index (χ2n) is 7.61. The largest absolute Gasteiger partial charge is 0.507 e. The van der Waals surface area contributed by atoms with E-state index in [9.17, 15) is 9.90 Å². The SMILES string of the molecule is CC(Cc1nc2c([nH]c(=O)c3cccc(O)c32)s1)C1C[C@@H](C)O[C@@H](C)C1. The van der Waals surface area contributed by atoms with E-state index in [4.69, 9.17) is 9.72 Å². The Kier molecular flexibility index (Phi) is 4.49. The van der Waals surface area contributed by atoms with Gasteiger partial charge in [0.15, 0.2) is 0 Å². The van der Waals surface area contributed by atoms with Crippen LogP contribution in [0.5, 0.6) is 5.75 Å². The molecule has 1 saturated heterocycles. The molecule has 26 heavy (non-hydrogen) atoms. The number of nitrogens with one attached hydrogen (secondary N) is 1. The van der Waals surface area contributed by atoms with Gasteiger partial charge in [-0.1, -0.05) is 13.0 Å². The van der Waals surface area contributed by atoms with Crippen molar-refractivity contribution in [1.82, 2.24) is 9.97 Å². The maximum atomic E-state index is 12.3. The molecule has 1 aromatic carbocycles. The highest BCUT2D eigenvalue weighted by Crippen LogP contribution is 2.35. The topological polar surface area (TPSA) is 75.2 Å². The van der Waals surface area contributed by atoms with E-state index in [1.165, 1.54) is 11.3 Å². The van der Waals surface area contributed by atoms with Crippen LogP contribution in [0.4, 0.5) is 0 Å². The van der Waals surface area contributed by atoms with Crippen LogP contribution in [0.3, 0.4) is 0 Å². The molecule has 2 N–H and O–H groups in total. The molecule has 2 aromatic heterocycles. The summed E-state index contributed by atoms with van der Waals surface area (Å²) in [6, 6.07) is 5.01. The lowest BCUT2D eigenvalue weighted by molar-refractivity contribution is -0.0619. The van der Waals surface area contributed by atoms with E-state index >= 15 is 0 Å². The molecule has 0 amide bonds. The van der Waals surface area contributed by atoms with Gasteiger partial charge in [0.05, 0.1) is 28.0 Å². The number of rotatable bonds is 3. The first kappa shape index (κ1) is 17.5. The van der Waals surface area contributed by atoms with E-state index in [0.29, 0.717) is 40.3 Å². The zero-order valence-electron chi connectivity index (χ0n) is 15.3. The van der Waals surface area contributed by atoms with Crippen molar-refractivity contribution in [2.45, 2.75) is 52.2 Å². The summed E-state index contributed by atoms with van der Waals surface area (Å²) >= 11 is 1.52. The lowest BCUT2D eigenvalue weighted by atomic mass is 9.81. The standard InChI is InChI=1S/C20H24N2O3S/c1-10(13-8-11(2)25-12(3)9-13)7-16-21-18-17-14(5-4-6-15(17)23)19(24)22-20(18)26-16/h4-6,10-13,23H,7-9H2,1-3H3,(H,22,24)/t10?,11-,12+,13?. The fraction of sp³-hybridized carbons (Fsp3) is 0.500. The van der Waals surface area contributed by atoms with Crippen molar-refractivity contribution in [2.24, 2.45) is 11.8 Å². The average Bonchev–Trinajstić information content (AvgIpc) is 2.96. The molecule has 5 nitrogen and oxygen atoms in total. The molecule has 4 atom stereocenters. The molecular weight excluding hydrogens is 348 g/mol. The van der Waals surface area contributed by atoms with Crippen molar-refractivity contribution < 1.29 is 9.84 Å². The number of phenols is 1. The molecule has 0 bridgehead atoms. The fourth-order valence-corrected chi connectivity index (χ4v) is 5.32. The minimum atomic E-state index is -0.182. The minimum absolute atomic E-state index is 0.107. The Morgan fingerprint density at radius 1 is 1.35 bits per heavy atom. The summed E-state index contributed by atoms with van der Waals surface area (Å²) in [7, 11) is 0. The van der Waals surface area contributed by atoms with Crippen LogP contribution in [0.15, 0.2) is 23.0 Å². The van der Waals surface area contributed by atoms with Gasteiger partial charge < -0.3 is 14.8 Å². The third-order valence-electron chi connectivity index (χ3n) is 5.46. The molecular formula is C20H24N2O3S. The van der Waals surface area contributed by atoms with E-state index < -0.39 is 0 Å². The minimum Gasteiger partial charge on any atom is -0.507 e. The number of pyridine rings is 1. The molecule has 4 rings (SSSR count). The molecule has 0 aliphatic carbocycles. The van der Waals surface area contributed by atoms with Crippen molar-refractivity contribution in [3.8, 4) is 5.75 Å². The Bertz CT molecular complexity index is 999. The smallest absolute Gasteiger partial charge is 0.257 e. The molecule has 1 aliphatic rings. The van der Waals surface area contributed by atoms with Crippen molar-refractivity contribution in [3.05, 3.63) is 33.6 Å². The van der Waals surface area contributed by atoms with Gasteiger partial charge >= 0.3 is 0 Å². The van der Waals surface area contributed by atoms with Crippen LogP contribution in [0.1, 0.15) is 38.6 Å². The van der Waals surface area contributed by atoms with Gasteiger partial charge in [0.25, 0.3) is 5.56 Å². The normalized spacial score (nSPS) is 25.0. The molecule has 6 heteroatoms. The van der Waals surface area contributed by atoms with Crippen molar-refractivity contribution >= 4 is 32.5 Å². The summed E-state index contributed by atoms with van der Waals surface area (Å²) in [5, 5.41) is 12.3. The number of phenolic OH excluding ortho intramolecular Hbond substituents is 1. The third-order valence-corrected chi connectivity index (χ3v) is 6.45. The number of ether oxygens (including phenoxy) is 1. The number of benzene rings is 1. The van der Waals surface area contributed by atoms with Gasteiger partial charge in [0.2, 0.25) is 0 Å². The molecule has 138 valence electrons. The molecule has 0 spiro atoms. The number of hydrogen-bond acceptors (Lipinski definition) is 5. The van der Waals surface area contributed by atoms with Crippen LogP contribution in [0.2, 0.25) is 0 Å². The van der Waals surface area contributed by atoms with Crippen molar-refractivity contribution in [3.63, 3.8) is 0 Å². The lowest BCUT2D eigenvalue weighted by Gasteiger charge is -2.35. The van der Waals surface area contributed by atoms with Crippen LogP contribution in [-0.4, -0.2) is 27.3 Å². The van der Waals surface area contributed by atoms with Gasteiger partial charge in [-0.3, -0.25) is 4.79 Å². The second-order valence-corrected chi connectivity index (χ2v) is 8.69. The zero-order chi connectivity index (χ0) is 18.4. The highest BCUT2D eigenvalue weighted by Gasteiger charge is 2.29. The fourth-order valence-electron chi connectivity index (χ4n) is 4.22. The molecule has 1 aliphatic heterocycles. The van der Waals surface area contributed by atoms with E-state index in [0.717, 1.165) is 29.1 Å². The van der Waals surface area contributed by atoms with Crippen LogP contribution in [-0.2, 0) is 11.2 Å². The van der Waals surface area contributed by atoms with Crippen molar-refractivity contribution in [2.75, 3.05) is 0 Å². The predicted molar refractivity (Wildman–Crippen MR) is 105 cm³/mol. The number of aromatic amines is 1. The van der Waals surface area contributed by atoms with Crippen LogP contribution in [0, 0.1) is 11.8 Å².